The van der Waals surface area contributed by atoms with Crippen LogP contribution in [-0.4, -0.2) is 20.8 Å². The van der Waals surface area contributed by atoms with Crippen LogP contribution in [0.4, 0.5) is 0 Å². The number of aromatic nitrogens is 3. The third-order valence-electron chi connectivity index (χ3n) is 1.87. The minimum absolute atomic E-state index is 0.724. The largest absolute Gasteiger partial charge is 0.240 e. The average molecular weight is 228 g/mol. The number of hydrogen-bond donors (Lipinski definition) is 0. The van der Waals surface area contributed by atoms with E-state index in [9.17, 15) is 0 Å². The highest BCUT2D eigenvalue weighted by molar-refractivity contribution is 7.18. The Balaban J connectivity index is 2.11. The third kappa shape index (κ3) is 2.19. The van der Waals surface area contributed by atoms with Gasteiger partial charge in [-0.15, -0.1) is 11.6 Å². The molecular formula is C9H10ClN3S. The van der Waals surface area contributed by atoms with Crippen LogP contribution in [0.15, 0.2) is 12.4 Å². The minimum atomic E-state index is 0.724. The molecule has 0 spiro atoms. The molecule has 2 aromatic heterocycles. The molecule has 3 nitrogen and oxygen atoms in total. The Morgan fingerprint density at radius 3 is 2.86 bits per heavy atom. The Hall–Kier alpha value is -0.740. The second kappa shape index (κ2) is 4.66. The van der Waals surface area contributed by atoms with Crippen LogP contribution < -0.4 is 0 Å². The number of unbranched alkanes of at least 4 members (excludes halogenated alkanes) is 1. The fraction of sp³-hybridized carbons (Fsp3) is 0.444. The van der Waals surface area contributed by atoms with E-state index in [4.69, 9.17) is 11.6 Å². The smallest absolute Gasteiger partial charge is 0.189 e. The molecule has 0 unspecified atom stereocenters. The summed E-state index contributed by atoms with van der Waals surface area (Å²) < 4.78 is 0. The van der Waals surface area contributed by atoms with Gasteiger partial charge in [0.1, 0.15) is 0 Å². The molecule has 0 atom stereocenters. The van der Waals surface area contributed by atoms with Crippen molar-refractivity contribution in [3.8, 4) is 0 Å². The Kier molecular flexibility index (Phi) is 3.26. The van der Waals surface area contributed by atoms with Gasteiger partial charge in [0.2, 0.25) is 0 Å². The van der Waals surface area contributed by atoms with Gasteiger partial charge in [0, 0.05) is 18.3 Å². The van der Waals surface area contributed by atoms with Gasteiger partial charge in [-0.3, -0.25) is 0 Å². The topological polar surface area (TPSA) is 38.7 Å². The summed E-state index contributed by atoms with van der Waals surface area (Å²) in [5.74, 6) is 0.724. The molecule has 0 saturated heterocycles. The molecule has 0 radical (unpaired) electrons. The van der Waals surface area contributed by atoms with E-state index in [-0.39, 0.29) is 0 Å². The molecule has 0 aliphatic heterocycles. The van der Waals surface area contributed by atoms with Crippen LogP contribution in [0, 0.1) is 0 Å². The highest BCUT2D eigenvalue weighted by atomic mass is 35.5. The lowest BCUT2D eigenvalue weighted by Crippen LogP contribution is -1.84. The third-order valence-corrected chi connectivity index (χ3v) is 3.15. The van der Waals surface area contributed by atoms with Crippen molar-refractivity contribution in [1.29, 1.82) is 0 Å². The lowest BCUT2D eigenvalue weighted by Gasteiger charge is -1.91. The molecule has 14 heavy (non-hydrogen) atoms. The molecule has 2 aromatic rings. The van der Waals surface area contributed by atoms with Crippen LogP contribution in [0.1, 0.15) is 17.8 Å². The molecule has 0 aliphatic rings. The first-order valence-corrected chi connectivity index (χ1v) is 5.87. The maximum absolute atomic E-state index is 5.60. The SMILES string of the molecule is ClCCCCc1nc2nccnc2s1. The summed E-state index contributed by atoms with van der Waals surface area (Å²) in [4.78, 5) is 13.6. The Bertz CT molecular complexity index is 382. The van der Waals surface area contributed by atoms with Crippen molar-refractivity contribution in [2.24, 2.45) is 0 Å². The van der Waals surface area contributed by atoms with Crippen LogP contribution in [0.3, 0.4) is 0 Å². The lowest BCUT2D eigenvalue weighted by atomic mass is 10.3. The number of hydrogen-bond acceptors (Lipinski definition) is 4. The number of fused-ring (bicyclic) bond motifs is 1. The van der Waals surface area contributed by atoms with Gasteiger partial charge in [-0.1, -0.05) is 11.3 Å². The van der Waals surface area contributed by atoms with Crippen LogP contribution >= 0.6 is 22.9 Å². The molecule has 0 aliphatic carbocycles. The summed E-state index contributed by atoms with van der Waals surface area (Å²) in [7, 11) is 0. The summed E-state index contributed by atoms with van der Waals surface area (Å²) in [6.45, 7) is 0. The van der Waals surface area contributed by atoms with E-state index in [0.717, 1.165) is 40.6 Å². The maximum Gasteiger partial charge on any atom is 0.189 e. The van der Waals surface area contributed by atoms with Crippen molar-refractivity contribution in [3.63, 3.8) is 0 Å². The van der Waals surface area contributed by atoms with Crippen molar-refractivity contribution < 1.29 is 0 Å². The highest BCUT2D eigenvalue weighted by Crippen LogP contribution is 2.18. The number of thiazole rings is 1. The number of halogens is 1. The number of nitrogens with zero attached hydrogens (tertiary/aromatic N) is 3. The molecule has 0 fully saturated rings. The molecule has 74 valence electrons. The predicted molar refractivity (Wildman–Crippen MR) is 58.9 cm³/mol. The molecule has 0 N–H and O–H groups in total. The summed E-state index contributed by atoms with van der Waals surface area (Å²) in [5, 5.41) is 1.11. The number of rotatable bonds is 4. The Morgan fingerprint density at radius 1 is 1.21 bits per heavy atom. The van der Waals surface area contributed by atoms with Crippen molar-refractivity contribution in [2.45, 2.75) is 19.3 Å². The molecule has 2 heterocycles. The lowest BCUT2D eigenvalue weighted by molar-refractivity contribution is 0.795. The fourth-order valence-electron chi connectivity index (χ4n) is 1.20. The van der Waals surface area contributed by atoms with Crippen LogP contribution in [0.25, 0.3) is 10.5 Å². The first-order chi connectivity index (χ1) is 6.90. The molecular weight excluding hydrogens is 218 g/mol. The van der Waals surface area contributed by atoms with Gasteiger partial charge in [0.15, 0.2) is 10.5 Å². The second-order valence-electron chi connectivity index (χ2n) is 2.94. The van der Waals surface area contributed by atoms with Crippen LogP contribution in [0.5, 0.6) is 0 Å². The normalized spacial score (nSPS) is 10.9. The van der Waals surface area contributed by atoms with E-state index in [1.54, 1.807) is 23.7 Å². The maximum atomic E-state index is 5.60. The minimum Gasteiger partial charge on any atom is -0.240 e. The van der Waals surface area contributed by atoms with Crippen molar-refractivity contribution in [3.05, 3.63) is 17.4 Å². The molecule has 0 bridgehead atoms. The summed E-state index contributed by atoms with van der Waals surface area (Å²) in [6.07, 6.45) is 6.48. The predicted octanol–water partition coefficient (Wildman–Crippen LogP) is 2.65. The number of aryl methyl sites for hydroxylation is 1. The van der Waals surface area contributed by atoms with Gasteiger partial charge in [-0.2, -0.15) is 0 Å². The quantitative estimate of drug-likeness (QED) is 0.596. The van der Waals surface area contributed by atoms with E-state index in [1.165, 1.54) is 0 Å². The highest BCUT2D eigenvalue weighted by Gasteiger charge is 2.04. The summed E-state index contributed by atoms with van der Waals surface area (Å²) in [6, 6.07) is 0. The van der Waals surface area contributed by atoms with Gasteiger partial charge in [-0.25, -0.2) is 15.0 Å². The monoisotopic (exact) mass is 227 g/mol. The average Bonchev–Trinajstić information content (AvgIpc) is 2.60. The first-order valence-electron chi connectivity index (χ1n) is 4.52. The van der Waals surface area contributed by atoms with E-state index in [0.29, 0.717) is 0 Å². The van der Waals surface area contributed by atoms with Gasteiger partial charge < -0.3 is 0 Å². The van der Waals surface area contributed by atoms with E-state index < -0.39 is 0 Å². The molecule has 0 aromatic carbocycles. The summed E-state index contributed by atoms with van der Waals surface area (Å²) >= 11 is 7.22. The van der Waals surface area contributed by atoms with Crippen LogP contribution in [-0.2, 0) is 6.42 Å². The van der Waals surface area contributed by atoms with Crippen molar-refractivity contribution in [1.82, 2.24) is 15.0 Å². The standard InChI is InChI=1S/C9H10ClN3S/c10-4-2-1-3-7-13-8-9(14-7)12-6-5-11-8/h5-6H,1-4H2. The molecule has 0 amide bonds. The number of alkyl halides is 1. The van der Waals surface area contributed by atoms with Crippen molar-refractivity contribution in [2.75, 3.05) is 5.88 Å². The van der Waals surface area contributed by atoms with Gasteiger partial charge in [0.05, 0.1) is 5.01 Å². The molecule has 2 rings (SSSR count). The zero-order valence-electron chi connectivity index (χ0n) is 7.61. The Labute approximate surface area is 91.2 Å². The summed E-state index contributed by atoms with van der Waals surface area (Å²) in [5.41, 5.74) is 0.762. The Morgan fingerprint density at radius 2 is 2.07 bits per heavy atom. The van der Waals surface area contributed by atoms with E-state index in [1.807, 2.05) is 0 Å². The second-order valence-corrected chi connectivity index (χ2v) is 4.38. The van der Waals surface area contributed by atoms with Gasteiger partial charge >= 0.3 is 0 Å². The van der Waals surface area contributed by atoms with Crippen LogP contribution in [0.2, 0.25) is 0 Å². The first kappa shape index (κ1) is 9.80. The van der Waals surface area contributed by atoms with Gasteiger partial charge in [0.25, 0.3) is 0 Å². The molecule has 0 saturated carbocycles. The fourth-order valence-corrected chi connectivity index (χ4v) is 2.29. The van der Waals surface area contributed by atoms with Crippen molar-refractivity contribution >= 4 is 33.4 Å². The van der Waals surface area contributed by atoms with Gasteiger partial charge in [-0.05, 0) is 19.3 Å². The molecule has 5 heteroatoms. The van der Waals surface area contributed by atoms with E-state index >= 15 is 0 Å². The zero-order valence-corrected chi connectivity index (χ0v) is 9.18. The van der Waals surface area contributed by atoms with E-state index in [2.05, 4.69) is 15.0 Å². The zero-order chi connectivity index (χ0) is 9.80.